The van der Waals surface area contributed by atoms with Crippen molar-refractivity contribution in [2.24, 2.45) is 0 Å². The lowest BCUT2D eigenvalue weighted by molar-refractivity contribution is -0.194. The third-order valence-corrected chi connectivity index (χ3v) is 3.72. The van der Waals surface area contributed by atoms with Crippen molar-refractivity contribution < 1.29 is 33.6 Å². The Balaban J connectivity index is 1.72. The number of fused-ring (bicyclic) bond motifs is 1. The van der Waals surface area contributed by atoms with Gasteiger partial charge in [-0.05, 0) is 13.8 Å². The van der Waals surface area contributed by atoms with Gasteiger partial charge in [-0.1, -0.05) is 0 Å². The highest BCUT2D eigenvalue weighted by Crippen LogP contribution is 2.38. The molecule has 3 N–H and O–H groups in total. The fourth-order valence-corrected chi connectivity index (χ4v) is 2.79. The van der Waals surface area contributed by atoms with E-state index in [-0.39, 0.29) is 12.3 Å². The van der Waals surface area contributed by atoms with E-state index < -0.39 is 48.1 Å². The zero-order chi connectivity index (χ0) is 17.5. The summed E-state index contributed by atoms with van der Waals surface area (Å²) >= 11 is 0. The number of hydrogen-bond donors (Lipinski definition) is 3. The van der Waals surface area contributed by atoms with E-state index in [0.717, 1.165) is 0 Å². The van der Waals surface area contributed by atoms with Gasteiger partial charge in [-0.25, -0.2) is 4.98 Å². The Morgan fingerprint density at radius 2 is 2.12 bits per heavy atom. The molecule has 10 nitrogen and oxygen atoms in total. The van der Waals surface area contributed by atoms with Crippen LogP contribution in [-0.2, 0) is 23.7 Å². The van der Waals surface area contributed by atoms with Crippen LogP contribution in [-0.4, -0.2) is 63.9 Å². The molecule has 132 valence electrons. The summed E-state index contributed by atoms with van der Waals surface area (Å²) in [6.45, 7) is 4.77. The fraction of sp³-hybridized carbons (Fsp3) is 0.643. The van der Waals surface area contributed by atoms with Crippen molar-refractivity contribution in [1.82, 2.24) is 15.3 Å². The second-order valence-corrected chi connectivity index (χ2v) is 6.04. The molecule has 0 aromatic carbocycles. The zero-order valence-corrected chi connectivity index (χ0v) is 13.4. The van der Waals surface area contributed by atoms with Crippen molar-refractivity contribution in [3.63, 3.8) is 0 Å². The molecule has 2 aliphatic heterocycles. The third kappa shape index (κ3) is 3.21. The minimum atomic E-state index is -0.854. The summed E-state index contributed by atoms with van der Waals surface area (Å²) in [5.74, 6) is -2.31. The first kappa shape index (κ1) is 16.7. The van der Waals surface area contributed by atoms with Crippen LogP contribution in [0, 0.1) is 0 Å². The predicted octanol–water partition coefficient (Wildman–Crippen LogP) is -0.347. The van der Waals surface area contributed by atoms with E-state index in [1.807, 2.05) is 0 Å². The number of aromatic nitrogens is 2. The second-order valence-electron chi connectivity index (χ2n) is 6.04. The van der Waals surface area contributed by atoms with Crippen molar-refractivity contribution in [2.45, 2.75) is 51.1 Å². The highest BCUT2D eigenvalue weighted by atomic mass is 16.8. The van der Waals surface area contributed by atoms with Crippen LogP contribution >= 0.6 is 0 Å². The van der Waals surface area contributed by atoms with Gasteiger partial charge >= 0.3 is 5.97 Å². The van der Waals surface area contributed by atoms with Gasteiger partial charge in [0.25, 0.3) is 5.91 Å². The maximum Gasteiger partial charge on any atom is 0.302 e. The van der Waals surface area contributed by atoms with Gasteiger partial charge in [0, 0.05) is 6.92 Å². The molecule has 1 amide bonds. The number of hydrogen-bond acceptors (Lipinski definition) is 8. The molecule has 2 fully saturated rings. The largest absolute Gasteiger partial charge is 0.492 e. The number of nitrogens with one attached hydrogen (secondary N) is 2. The Morgan fingerprint density at radius 1 is 1.42 bits per heavy atom. The van der Waals surface area contributed by atoms with Crippen molar-refractivity contribution in [2.75, 3.05) is 6.61 Å². The van der Waals surface area contributed by atoms with Crippen LogP contribution in [0.4, 0.5) is 0 Å². The molecule has 0 aliphatic carbocycles. The molecule has 2 aliphatic rings. The van der Waals surface area contributed by atoms with Gasteiger partial charge in [0.2, 0.25) is 5.88 Å². The van der Waals surface area contributed by atoms with Gasteiger partial charge in [0.05, 0.1) is 6.33 Å². The van der Waals surface area contributed by atoms with Crippen LogP contribution in [0.3, 0.4) is 0 Å². The Morgan fingerprint density at radius 3 is 2.75 bits per heavy atom. The van der Waals surface area contributed by atoms with Gasteiger partial charge < -0.3 is 34.4 Å². The van der Waals surface area contributed by atoms with Gasteiger partial charge in [-0.15, -0.1) is 0 Å². The summed E-state index contributed by atoms with van der Waals surface area (Å²) in [5, 5.41) is 12.1. The number of H-pyrrole nitrogens is 1. The van der Waals surface area contributed by atoms with Gasteiger partial charge in [-0.3, -0.25) is 9.59 Å². The van der Waals surface area contributed by atoms with E-state index in [0.29, 0.717) is 0 Å². The van der Waals surface area contributed by atoms with Gasteiger partial charge in [0.15, 0.2) is 17.7 Å². The van der Waals surface area contributed by atoms with Crippen molar-refractivity contribution >= 4 is 11.9 Å². The lowest BCUT2D eigenvalue weighted by atomic mass is 10.1. The van der Waals surface area contributed by atoms with E-state index in [4.69, 9.17) is 18.9 Å². The summed E-state index contributed by atoms with van der Waals surface area (Å²) in [4.78, 5) is 29.3. The summed E-state index contributed by atoms with van der Waals surface area (Å²) in [7, 11) is 0. The number of rotatable bonds is 4. The minimum Gasteiger partial charge on any atom is -0.492 e. The van der Waals surface area contributed by atoms with E-state index in [1.165, 1.54) is 13.3 Å². The summed E-state index contributed by atoms with van der Waals surface area (Å²) < 4.78 is 22.2. The van der Waals surface area contributed by atoms with E-state index >= 15 is 0 Å². The average Bonchev–Trinajstić information content (AvgIpc) is 3.11. The average molecular weight is 341 g/mol. The normalized spacial score (nSPS) is 30.8. The maximum atomic E-state index is 12.2. The number of ether oxygens (including phenoxy) is 4. The fourth-order valence-electron chi connectivity index (χ4n) is 2.79. The van der Waals surface area contributed by atoms with E-state index in [2.05, 4.69) is 15.3 Å². The highest BCUT2D eigenvalue weighted by Gasteiger charge is 2.56. The van der Waals surface area contributed by atoms with Crippen molar-refractivity contribution in [1.29, 1.82) is 0 Å². The number of aromatic amines is 1. The number of amides is 1. The first-order valence-electron chi connectivity index (χ1n) is 7.44. The molecule has 0 bridgehead atoms. The molecular formula is C14H19N3O7. The molecule has 2 saturated heterocycles. The van der Waals surface area contributed by atoms with Crippen LogP contribution in [0.1, 0.15) is 31.3 Å². The monoisotopic (exact) mass is 341 g/mol. The van der Waals surface area contributed by atoms with Crippen LogP contribution in [0.25, 0.3) is 0 Å². The number of esters is 1. The number of aromatic hydroxyl groups is 1. The molecule has 10 heteroatoms. The Hall–Kier alpha value is -2.17. The smallest absolute Gasteiger partial charge is 0.302 e. The Labute approximate surface area is 137 Å². The summed E-state index contributed by atoms with van der Waals surface area (Å²) in [5.41, 5.74) is -0.0863. The number of carbonyl (C=O) groups is 2. The molecule has 3 heterocycles. The standard InChI is InChI=1S/C14H19N3O7/c1-6(18)21-4-7-9-10(24-14(2,3)23-9)13(22-7)17-12(20)8-11(19)16-5-15-8/h5,7,9-10,13,19H,4H2,1-3H3,(H,15,16)(H,17,20)/t7-,9-,10-,13-/m1/s1. The minimum absolute atomic E-state index is 0.0163. The molecule has 0 radical (unpaired) electrons. The summed E-state index contributed by atoms with van der Waals surface area (Å²) in [6.07, 6.45) is -1.28. The maximum absolute atomic E-state index is 12.2. The summed E-state index contributed by atoms with van der Waals surface area (Å²) in [6, 6.07) is 0. The molecule has 0 unspecified atom stereocenters. The predicted molar refractivity (Wildman–Crippen MR) is 76.8 cm³/mol. The van der Waals surface area contributed by atoms with Crippen LogP contribution in [0.2, 0.25) is 0 Å². The Bertz CT molecular complexity index is 644. The number of carbonyl (C=O) groups excluding carboxylic acids is 2. The molecule has 1 aromatic rings. The molecule has 3 rings (SSSR count). The molecule has 0 spiro atoms. The molecular weight excluding hydrogens is 322 g/mol. The molecule has 24 heavy (non-hydrogen) atoms. The lowest BCUT2D eigenvalue weighted by Gasteiger charge is -2.24. The third-order valence-electron chi connectivity index (χ3n) is 3.72. The number of nitrogens with zero attached hydrogens (tertiary/aromatic N) is 1. The molecule has 0 saturated carbocycles. The van der Waals surface area contributed by atoms with Crippen LogP contribution in [0.5, 0.6) is 5.88 Å². The van der Waals surface area contributed by atoms with Crippen LogP contribution < -0.4 is 5.32 Å². The quantitative estimate of drug-likeness (QED) is 0.633. The lowest BCUT2D eigenvalue weighted by Crippen LogP contribution is -2.44. The first-order valence-corrected chi connectivity index (χ1v) is 7.44. The second kappa shape index (κ2) is 6.04. The topological polar surface area (TPSA) is 132 Å². The Kier molecular flexibility index (Phi) is 4.20. The van der Waals surface area contributed by atoms with Crippen LogP contribution in [0.15, 0.2) is 6.33 Å². The first-order chi connectivity index (χ1) is 11.3. The van der Waals surface area contributed by atoms with Crippen molar-refractivity contribution in [3.05, 3.63) is 12.0 Å². The highest BCUT2D eigenvalue weighted by molar-refractivity contribution is 5.94. The van der Waals surface area contributed by atoms with E-state index in [9.17, 15) is 14.7 Å². The van der Waals surface area contributed by atoms with Gasteiger partial charge in [-0.2, -0.15) is 0 Å². The van der Waals surface area contributed by atoms with Crippen molar-refractivity contribution in [3.8, 4) is 5.88 Å². The molecule has 1 aromatic heterocycles. The SMILES string of the molecule is CC(=O)OC[C@H]1O[C@@H](NC(=O)c2[nH]cnc2O)[C@@H]2OC(C)(C)O[C@@H]21. The molecule has 4 atom stereocenters. The van der Waals surface area contributed by atoms with Gasteiger partial charge in [0.1, 0.15) is 24.9 Å². The zero-order valence-electron chi connectivity index (χ0n) is 13.4. The number of imidazole rings is 1. The van der Waals surface area contributed by atoms with E-state index in [1.54, 1.807) is 13.8 Å².